The summed E-state index contributed by atoms with van der Waals surface area (Å²) in [5, 5.41) is 20.6. The number of carbonyl (C=O) groups excluding carboxylic acids is 3. The highest BCUT2D eigenvalue weighted by Gasteiger charge is 2.29. The average molecular weight is 1430 g/mol. The van der Waals surface area contributed by atoms with E-state index in [0.29, 0.717) is 19.3 Å². The Kier molecular flexibility index (Phi) is 69.4. The van der Waals surface area contributed by atoms with Crippen molar-refractivity contribution in [3.8, 4) is 0 Å². The zero-order valence-corrected chi connectivity index (χ0v) is 63.1. The van der Waals surface area contributed by atoms with Gasteiger partial charge in [0.15, 0.2) is 6.10 Å². The van der Waals surface area contributed by atoms with Gasteiger partial charge in [0.25, 0.3) is 0 Å². The lowest BCUT2D eigenvalue weighted by molar-refractivity contribution is -0.161. The van der Waals surface area contributed by atoms with Crippen LogP contribution < -0.4 is 0 Å². The van der Waals surface area contributed by atoms with Gasteiger partial charge in [-0.3, -0.25) is 32.5 Å². The highest BCUT2D eigenvalue weighted by atomic mass is 31.2. The SMILES string of the molecule is CC/C=C\C/C=C\C/C=C\C/C=C\C/C=C\CCCCCCCC(=O)OCC(O)COP(=O)(O)OCC(O)COP(=O)(O)OCC(COC(=O)CCCCCCC/C=C\C/C=C\C/C=C\C/C=C\CCCCC)OC(=O)CCCCCCC/C=C\C/C=C\C/C=C\C/C=C\CCCCC. The van der Waals surface area contributed by atoms with E-state index in [2.05, 4.69) is 179 Å². The molecule has 0 aromatic heterocycles. The molecule has 0 aromatic carbocycles. The zero-order valence-electron chi connectivity index (χ0n) is 61.4. The van der Waals surface area contributed by atoms with Crippen LogP contribution >= 0.6 is 15.6 Å². The van der Waals surface area contributed by atoms with Crippen molar-refractivity contribution >= 4 is 33.6 Å². The van der Waals surface area contributed by atoms with Gasteiger partial charge >= 0.3 is 33.6 Å². The third kappa shape index (κ3) is 74.2. The van der Waals surface area contributed by atoms with Crippen molar-refractivity contribution in [3.05, 3.63) is 158 Å². The highest BCUT2D eigenvalue weighted by molar-refractivity contribution is 7.47. The van der Waals surface area contributed by atoms with Gasteiger partial charge in [-0.25, -0.2) is 9.13 Å². The molecule has 0 aromatic rings. The third-order valence-corrected chi connectivity index (χ3v) is 17.1. The fraction of sp³-hybridized carbons (Fsp3) is 0.642. The Bertz CT molecular complexity index is 2430. The van der Waals surface area contributed by atoms with E-state index in [1.807, 2.05) is 0 Å². The molecule has 4 N–H and O–H groups in total. The second-order valence-electron chi connectivity index (χ2n) is 24.7. The summed E-state index contributed by atoms with van der Waals surface area (Å²) in [6, 6.07) is 0. The summed E-state index contributed by atoms with van der Waals surface area (Å²) in [6.07, 6.45) is 89.8. The van der Waals surface area contributed by atoms with Crippen LogP contribution in [-0.4, -0.2) is 95.9 Å². The topological polar surface area (TPSA) is 231 Å². The van der Waals surface area contributed by atoms with E-state index in [9.17, 15) is 43.5 Å². The highest BCUT2D eigenvalue weighted by Crippen LogP contribution is 2.45. The van der Waals surface area contributed by atoms with E-state index in [-0.39, 0.29) is 19.3 Å². The van der Waals surface area contributed by atoms with Crippen LogP contribution in [0.1, 0.15) is 278 Å². The van der Waals surface area contributed by atoms with Gasteiger partial charge in [0, 0.05) is 19.3 Å². The predicted octanol–water partition coefficient (Wildman–Crippen LogP) is 21.9. The molecule has 0 rings (SSSR count). The summed E-state index contributed by atoms with van der Waals surface area (Å²) in [7, 11) is -9.82. The predicted molar refractivity (Wildman–Crippen MR) is 408 cm³/mol. The minimum absolute atomic E-state index is 0.0728. The fourth-order valence-electron chi connectivity index (χ4n) is 9.45. The van der Waals surface area contributed by atoms with Crippen LogP contribution in [0.15, 0.2) is 158 Å². The first-order valence-electron chi connectivity index (χ1n) is 37.8. The lowest BCUT2D eigenvalue weighted by Crippen LogP contribution is -2.30. The normalized spacial score (nSPS) is 14.9. The second-order valence-corrected chi connectivity index (χ2v) is 27.6. The number of rotatable bonds is 70. The second kappa shape index (κ2) is 72.9. The van der Waals surface area contributed by atoms with Gasteiger partial charge < -0.3 is 34.2 Å². The monoisotopic (exact) mass is 1420 g/mol. The van der Waals surface area contributed by atoms with E-state index in [1.54, 1.807) is 0 Å². The number of aliphatic hydroxyl groups excluding tert-OH is 2. The van der Waals surface area contributed by atoms with Gasteiger partial charge in [-0.1, -0.05) is 262 Å². The summed E-state index contributed by atoms with van der Waals surface area (Å²) in [5.41, 5.74) is 0. The Morgan fingerprint density at radius 1 is 0.293 bits per heavy atom. The summed E-state index contributed by atoms with van der Waals surface area (Å²) in [6.45, 7) is 2.43. The molecule has 0 bridgehead atoms. The van der Waals surface area contributed by atoms with Crippen LogP contribution in [0.5, 0.6) is 0 Å². The molecular weight excluding hydrogens is 1290 g/mol. The minimum Gasteiger partial charge on any atom is -0.463 e. The number of allylic oxidation sites excluding steroid dienone is 26. The maximum absolute atomic E-state index is 13.0. The molecule has 564 valence electrons. The smallest absolute Gasteiger partial charge is 0.463 e. The molecule has 5 unspecified atom stereocenters. The molecule has 99 heavy (non-hydrogen) atoms. The molecule has 0 fully saturated rings. The fourth-order valence-corrected chi connectivity index (χ4v) is 11.0. The Morgan fingerprint density at radius 3 is 0.848 bits per heavy atom. The number of ether oxygens (including phenoxy) is 3. The maximum Gasteiger partial charge on any atom is 0.472 e. The Labute approximate surface area is 600 Å². The van der Waals surface area contributed by atoms with E-state index in [4.69, 9.17) is 32.3 Å². The van der Waals surface area contributed by atoms with Crippen molar-refractivity contribution in [2.75, 3.05) is 39.6 Å². The van der Waals surface area contributed by atoms with Gasteiger partial charge in [0.1, 0.15) is 25.4 Å². The first-order chi connectivity index (χ1) is 48.2. The van der Waals surface area contributed by atoms with Gasteiger partial charge in [0.2, 0.25) is 0 Å². The molecule has 0 saturated carbocycles. The quantitative estimate of drug-likeness (QED) is 0.0146. The maximum atomic E-state index is 13.0. The first kappa shape index (κ1) is 94.2. The molecule has 0 amide bonds. The molecule has 0 aliphatic carbocycles. The summed E-state index contributed by atoms with van der Waals surface area (Å²) >= 11 is 0. The van der Waals surface area contributed by atoms with Gasteiger partial charge in [-0.05, 0) is 154 Å². The molecule has 0 radical (unpaired) electrons. The third-order valence-electron chi connectivity index (χ3n) is 15.2. The number of unbranched alkanes of at least 4 members (excludes halogenated alkanes) is 21. The van der Waals surface area contributed by atoms with E-state index >= 15 is 0 Å². The average Bonchev–Trinajstić information content (AvgIpc) is 1.82. The lowest BCUT2D eigenvalue weighted by atomic mass is 10.1. The minimum atomic E-state index is -4.95. The Hall–Kier alpha value is -4.83. The van der Waals surface area contributed by atoms with Crippen molar-refractivity contribution in [1.82, 2.24) is 0 Å². The number of phosphoric acid groups is 2. The van der Waals surface area contributed by atoms with Crippen molar-refractivity contribution in [1.29, 1.82) is 0 Å². The van der Waals surface area contributed by atoms with E-state index in [0.717, 1.165) is 173 Å². The standard InChI is InChI=1S/C81H134O16P2/c1-4-7-10-13-16-19-22-25-28-31-34-37-40-43-46-49-52-55-58-61-64-67-79(84)91-70-76(82)71-93-98(87,88)94-72-77(83)73-95-99(89,90)96-75-78(97-81(86)69-66-63-60-57-54-51-48-45-42-39-36-33-30-27-24-21-18-15-12-9-6-3)74-92-80(85)68-65-62-59-56-53-50-47-44-41-38-35-32-29-26-23-20-17-14-11-8-5-2/h7,10,16-21,25-30,34-39,43-48,76-78,82-83H,4-6,8-9,11-15,22-24,31-33,40-42,49-75H2,1-3H3,(H,87,88)(H,89,90)/b10-7-,19-16-,20-17-,21-18-,28-25-,29-26-,30-27-,37-34-,38-35-,39-36-,46-43-,47-44-,48-45-. The molecule has 18 heteroatoms. The first-order valence-corrected chi connectivity index (χ1v) is 40.8. The van der Waals surface area contributed by atoms with Crippen molar-refractivity contribution in [3.63, 3.8) is 0 Å². The molecule has 0 spiro atoms. The number of hydrogen-bond acceptors (Lipinski definition) is 14. The summed E-state index contributed by atoms with van der Waals surface area (Å²) in [4.78, 5) is 58.6. The Balaban J connectivity index is 4.80. The summed E-state index contributed by atoms with van der Waals surface area (Å²) in [5.74, 6) is -1.64. The molecule has 16 nitrogen and oxygen atoms in total. The van der Waals surface area contributed by atoms with Crippen LogP contribution in [-0.2, 0) is 55.8 Å². The number of hydrogen-bond donors (Lipinski definition) is 4. The van der Waals surface area contributed by atoms with Gasteiger partial charge in [-0.2, -0.15) is 0 Å². The number of esters is 3. The lowest BCUT2D eigenvalue weighted by Gasteiger charge is -2.21. The molecule has 0 aliphatic rings. The van der Waals surface area contributed by atoms with Crippen LogP contribution in [0.2, 0.25) is 0 Å². The Morgan fingerprint density at radius 2 is 0.535 bits per heavy atom. The van der Waals surface area contributed by atoms with Gasteiger partial charge in [-0.15, -0.1) is 0 Å². The molecule has 0 aliphatic heterocycles. The van der Waals surface area contributed by atoms with Gasteiger partial charge in [0.05, 0.1) is 26.4 Å². The zero-order chi connectivity index (χ0) is 72.3. The molecular formula is C81H134O16P2. The van der Waals surface area contributed by atoms with E-state index in [1.165, 1.54) is 44.9 Å². The van der Waals surface area contributed by atoms with Crippen LogP contribution in [0.4, 0.5) is 0 Å². The molecule has 5 atom stereocenters. The molecule has 0 saturated heterocycles. The van der Waals surface area contributed by atoms with Crippen LogP contribution in [0.25, 0.3) is 0 Å². The van der Waals surface area contributed by atoms with E-state index < -0.39 is 91.5 Å². The molecule has 0 heterocycles. The number of aliphatic hydroxyl groups is 2. The van der Waals surface area contributed by atoms with Crippen LogP contribution in [0.3, 0.4) is 0 Å². The largest absolute Gasteiger partial charge is 0.472 e. The van der Waals surface area contributed by atoms with Crippen molar-refractivity contribution in [2.45, 2.75) is 296 Å². The summed E-state index contributed by atoms with van der Waals surface area (Å²) < 4.78 is 61.1. The number of phosphoric ester groups is 2. The van der Waals surface area contributed by atoms with Crippen molar-refractivity contribution < 1.29 is 75.8 Å². The van der Waals surface area contributed by atoms with Crippen molar-refractivity contribution in [2.24, 2.45) is 0 Å². The number of carbonyl (C=O) groups is 3. The van der Waals surface area contributed by atoms with Crippen LogP contribution in [0, 0.1) is 0 Å².